The maximum absolute atomic E-state index is 15.7. The van der Waals surface area contributed by atoms with Crippen LogP contribution in [0.15, 0.2) is 170 Å². The predicted molar refractivity (Wildman–Crippen MR) is 231 cm³/mol. The van der Waals surface area contributed by atoms with E-state index in [0.717, 1.165) is 77.0 Å². The summed E-state index contributed by atoms with van der Waals surface area (Å²) in [4.78, 5) is 0. The Hall–Kier alpha value is -7.36. The zero-order valence-corrected chi connectivity index (χ0v) is 31.6. The van der Waals surface area contributed by atoms with E-state index in [1.54, 1.807) is 24.3 Å². The summed E-state index contributed by atoms with van der Waals surface area (Å²) in [5.74, 6) is 0. The molecule has 0 amide bonds. The summed E-state index contributed by atoms with van der Waals surface area (Å²) in [6, 6.07) is 56.5. The third-order valence-corrected chi connectivity index (χ3v) is 11.5. The van der Waals surface area contributed by atoms with Gasteiger partial charge in [-0.15, -0.1) is 0 Å². The van der Waals surface area contributed by atoms with Crippen molar-refractivity contribution in [3.63, 3.8) is 0 Å². The Morgan fingerprint density at radius 3 is 1.41 bits per heavy atom. The van der Waals surface area contributed by atoms with Crippen LogP contribution in [0, 0.1) is 25.2 Å². The second-order valence-corrected chi connectivity index (χ2v) is 14.9. The first kappa shape index (κ1) is 35.1. The summed E-state index contributed by atoms with van der Waals surface area (Å²) in [6.45, 7) is 4.15. The van der Waals surface area contributed by atoms with Crippen LogP contribution in [0.5, 0.6) is 0 Å². The van der Waals surface area contributed by atoms with E-state index >= 15 is 13.2 Å². The molecule has 10 aromatic rings. The predicted octanol–water partition coefficient (Wildman–Crippen LogP) is 14.4. The molecule has 3 nitrogen and oxygen atoms in total. The number of fused-ring (bicyclic) bond motifs is 6. The molecule has 0 unspecified atom stereocenters. The zero-order valence-electron chi connectivity index (χ0n) is 31.6. The van der Waals surface area contributed by atoms with Gasteiger partial charge < -0.3 is 9.13 Å². The van der Waals surface area contributed by atoms with Crippen LogP contribution < -0.4 is 0 Å². The van der Waals surface area contributed by atoms with Gasteiger partial charge in [0.05, 0.1) is 50.6 Å². The van der Waals surface area contributed by atoms with Crippen molar-refractivity contribution in [2.45, 2.75) is 20.0 Å². The molecular formula is C52H34F3N3. The summed E-state index contributed by atoms with van der Waals surface area (Å²) >= 11 is 0. The fourth-order valence-electron chi connectivity index (χ4n) is 8.75. The largest absolute Gasteiger partial charge is 0.417 e. The van der Waals surface area contributed by atoms with E-state index in [4.69, 9.17) is 0 Å². The maximum Gasteiger partial charge on any atom is 0.417 e. The molecule has 0 atom stereocenters. The lowest BCUT2D eigenvalue weighted by Gasteiger charge is -2.22. The number of nitriles is 1. The van der Waals surface area contributed by atoms with Crippen molar-refractivity contribution in [3.8, 4) is 50.8 Å². The molecule has 0 N–H and O–H groups in total. The highest BCUT2D eigenvalue weighted by Crippen LogP contribution is 2.46. The van der Waals surface area contributed by atoms with Crippen LogP contribution in [0.2, 0.25) is 0 Å². The van der Waals surface area contributed by atoms with Crippen LogP contribution in [0.1, 0.15) is 22.3 Å². The van der Waals surface area contributed by atoms with Gasteiger partial charge in [-0.05, 0) is 107 Å². The number of hydrogen-bond acceptors (Lipinski definition) is 1. The van der Waals surface area contributed by atoms with E-state index < -0.39 is 11.7 Å². The van der Waals surface area contributed by atoms with Crippen molar-refractivity contribution in [2.75, 3.05) is 0 Å². The van der Waals surface area contributed by atoms with Gasteiger partial charge in [-0.1, -0.05) is 121 Å². The molecule has 2 aromatic heterocycles. The van der Waals surface area contributed by atoms with Gasteiger partial charge in [0, 0.05) is 21.5 Å². The van der Waals surface area contributed by atoms with Gasteiger partial charge >= 0.3 is 6.18 Å². The van der Waals surface area contributed by atoms with E-state index in [1.165, 1.54) is 12.1 Å². The van der Waals surface area contributed by atoms with Crippen LogP contribution in [0.3, 0.4) is 0 Å². The zero-order chi connectivity index (χ0) is 39.7. The molecule has 0 aliphatic rings. The van der Waals surface area contributed by atoms with Crippen LogP contribution in [-0.2, 0) is 6.18 Å². The molecule has 0 saturated carbocycles. The molecule has 0 saturated heterocycles. The highest BCUT2D eigenvalue weighted by atomic mass is 19.4. The Morgan fingerprint density at radius 1 is 0.431 bits per heavy atom. The normalized spacial score (nSPS) is 11.9. The Kier molecular flexibility index (Phi) is 8.10. The first-order valence-corrected chi connectivity index (χ1v) is 19.1. The Labute approximate surface area is 333 Å². The molecule has 10 rings (SSSR count). The minimum atomic E-state index is -4.73. The maximum atomic E-state index is 15.7. The van der Waals surface area contributed by atoms with Gasteiger partial charge in [-0.2, -0.15) is 18.4 Å². The fourth-order valence-corrected chi connectivity index (χ4v) is 8.75. The van der Waals surface area contributed by atoms with Crippen molar-refractivity contribution in [1.29, 1.82) is 5.26 Å². The number of rotatable bonds is 5. The molecule has 0 aliphatic heterocycles. The summed E-state index contributed by atoms with van der Waals surface area (Å²) in [7, 11) is 0. The smallest absolute Gasteiger partial charge is 0.307 e. The number of benzene rings is 8. The molecule has 0 aliphatic carbocycles. The quantitative estimate of drug-likeness (QED) is 0.172. The molecule has 58 heavy (non-hydrogen) atoms. The molecule has 0 spiro atoms. The van der Waals surface area contributed by atoms with Crippen LogP contribution >= 0.6 is 0 Å². The fraction of sp³-hybridized carbons (Fsp3) is 0.0577. The summed E-state index contributed by atoms with van der Waals surface area (Å²) in [5, 5.41) is 13.7. The van der Waals surface area contributed by atoms with Gasteiger partial charge in [-0.25, -0.2) is 0 Å². The van der Waals surface area contributed by atoms with Crippen LogP contribution in [0.4, 0.5) is 13.2 Å². The van der Waals surface area contributed by atoms with E-state index in [2.05, 4.69) is 91.2 Å². The standard InChI is InChI=1S/C52H34F3N3/c1-32-12-3-5-16-38(32)36-22-24-42-40-18-7-9-20-46(40)57(48(42)27-36)50-29-44(35-15-11-14-34(26-35)31-56)45(52(53,54)55)30-51(50)58-47-21-10-8-19-41(47)43-25-23-37(28-49(43)58)39-17-6-4-13-33(39)2/h3-30H,1-2H3. The summed E-state index contributed by atoms with van der Waals surface area (Å²) < 4.78 is 51.1. The van der Waals surface area contributed by atoms with Crippen LogP contribution in [-0.4, -0.2) is 9.13 Å². The highest BCUT2D eigenvalue weighted by molar-refractivity contribution is 6.13. The van der Waals surface area contributed by atoms with Crippen molar-refractivity contribution in [3.05, 3.63) is 192 Å². The Bertz CT molecular complexity index is 3320. The SMILES string of the molecule is Cc1ccccc1-c1ccc2c3ccccc3n(-c3cc(-c4cccc(C#N)c4)c(C(F)(F)F)cc3-n3c4ccccc4c4ccc(-c5ccccc5C)cc43)c2c1. The summed E-state index contributed by atoms with van der Waals surface area (Å²) in [5.41, 5.74) is 10.4. The average Bonchev–Trinajstić information content (AvgIpc) is 3.75. The number of aromatic nitrogens is 2. The summed E-state index contributed by atoms with van der Waals surface area (Å²) in [6.07, 6.45) is -4.73. The van der Waals surface area contributed by atoms with Gasteiger partial charge in [0.2, 0.25) is 0 Å². The van der Waals surface area contributed by atoms with E-state index in [1.807, 2.05) is 71.3 Å². The third-order valence-electron chi connectivity index (χ3n) is 11.5. The first-order chi connectivity index (χ1) is 28.2. The van der Waals surface area contributed by atoms with Gasteiger partial charge in [-0.3, -0.25) is 0 Å². The Morgan fingerprint density at radius 2 is 0.897 bits per heavy atom. The second kappa shape index (κ2) is 13.4. The molecule has 8 aromatic carbocycles. The molecular weight excluding hydrogens is 724 g/mol. The third kappa shape index (κ3) is 5.58. The Balaban J connectivity index is 1.39. The lowest BCUT2D eigenvalue weighted by molar-refractivity contribution is -0.137. The van der Waals surface area contributed by atoms with E-state index in [0.29, 0.717) is 16.9 Å². The number of nitrogens with zero attached hydrogens (tertiary/aromatic N) is 3. The average molecular weight is 758 g/mol. The van der Waals surface area contributed by atoms with Crippen LogP contribution in [0.25, 0.3) is 88.4 Å². The molecule has 0 fully saturated rings. The molecule has 6 heteroatoms. The molecule has 0 radical (unpaired) electrons. The first-order valence-electron chi connectivity index (χ1n) is 19.1. The lowest BCUT2D eigenvalue weighted by atomic mass is 9.95. The van der Waals surface area contributed by atoms with Crippen molar-refractivity contribution in [1.82, 2.24) is 9.13 Å². The second-order valence-electron chi connectivity index (χ2n) is 14.9. The highest BCUT2D eigenvalue weighted by Gasteiger charge is 2.36. The van der Waals surface area contributed by atoms with Crippen molar-refractivity contribution >= 4 is 43.6 Å². The molecule has 278 valence electrons. The minimum absolute atomic E-state index is 0.00861. The van der Waals surface area contributed by atoms with Gasteiger partial charge in [0.25, 0.3) is 0 Å². The molecule has 0 bridgehead atoms. The van der Waals surface area contributed by atoms with E-state index in [9.17, 15) is 5.26 Å². The van der Waals surface area contributed by atoms with Gasteiger partial charge in [0.15, 0.2) is 0 Å². The number of para-hydroxylation sites is 2. The number of alkyl halides is 3. The number of hydrogen-bond donors (Lipinski definition) is 0. The lowest BCUT2D eigenvalue weighted by Crippen LogP contribution is -2.12. The van der Waals surface area contributed by atoms with Crippen molar-refractivity contribution < 1.29 is 13.2 Å². The van der Waals surface area contributed by atoms with Gasteiger partial charge in [0.1, 0.15) is 0 Å². The minimum Gasteiger partial charge on any atom is -0.307 e. The van der Waals surface area contributed by atoms with Crippen molar-refractivity contribution in [2.24, 2.45) is 0 Å². The number of aryl methyl sites for hydroxylation is 2. The topological polar surface area (TPSA) is 33.6 Å². The van der Waals surface area contributed by atoms with E-state index in [-0.39, 0.29) is 11.1 Å². The number of halogens is 3. The molecule has 2 heterocycles. The monoisotopic (exact) mass is 757 g/mol.